The van der Waals surface area contributed by atoms with Crippen LogP contribution in [-0.2, 0) is 0 Å². The van der Waals surface area contributed by atoms with Crippen molar-refractivity contribution in [2.45, 2.75) is 6.92 Å². The summed E-state index contributed by atoms with van der Waals surface area (Å²) in [5.41, 5.74) is 7.93. The number of nitrogens with one attached hydrogen (secondary N) is 1. The van der Waals surface area contributed by atoms with Crippen LogP contribution in [0.15, 0.2) is 42.6 Å². The number of aromatic nitrogens is 3. The number of anilines is 2. The number of pyridine rings is 1. The highest BCUT2D eigenvalue weighted by atomic mass is 16.1. The standard InChI is InChI=1S/C14H13N5O/c1-9-17-18-13-12(6-3-7-19(9)13)14(20)16-11-5-2-4-10(15)8-11/h2-8H,15H2,1H3,(H,16,20). The Bertz CT molecular complexity index is 793. The van der Waals surface area contributed by atoms with Gasteiger partial charge in [0.2, 0.25) is 0 Å². The van der Waals surface area contributed by atoms with E-state index in [0.717, 1.165) is 5.82 Å². The van der Waals surface area contributed by atoms with Gasteiger partial charge in [0.15, 0.2) is 5.65 Å². The number of amides is 1. The molecule has 3 rings (SSSR count). The van der Waals surface area contributed by atoms with Gasteiger partial charge in [-0.1, -0.05) is 6.07 Å². The molecule has 3 N–H and O–H groups in total. The van der Waals surface area contributed by atoms with Crippen LogP contribution >= 0.6 is 0 Å². The van der Waals surface area contributed by atoms with Crippen molar-refractivity contribution in [1.82, 2.24) is 14.6 Å². The molecule has 0 unspecified atom stereocenters. The zero-order valence-corrected chi connectivity index (χ0v) is 10.9. The average molecular weight is 267 g/mol. The van der Waals surface area contributed by atoms with Crippen molar-refractivity contribution in [3.8, 4) is 0 Å². The fourth-order valence-electron chi connectivity index (χ4n) is 2.02. The van der Waals surface area contributed by atoms with Crippen molar-refractivity contribution in [2.75, 3.05) is 11.1 Å². The van der Waals surface area contributed by atoms with Crippen LogP contribution in [0.2, 0.25) is 0 Å². The van der Waals surface area contributed by atoms with Gasteiger partial charge in [-0.25, -0.2) is 0 Å². The van der Waals surface area contributed by atoms with E-state index in [1.165, 1.54) is 0 Å². The summed E-state index contributed by atoms with van der Waals surface area (Å²) in [4.78, 5) is 12.3. The van der Waals surface area contributed by atoms with Gasteiger partial charge in [-0.2, -0.15) is 0 Å². The molecule has 0 atom stereocenters. The largest absolute Gasteiger partial charge is 0.399 e. The van der Waals surface area contributed by atoms with Gasteiger partial charge in [0.05, 0.1) is 5.56 Å². The maximum Gasteiger partial charge on any atom is 0.259 e. The molecule has 0 bridgehead atoms. The summed E-state index contributed by atoms with van der Waals surface area (Å²) in [6.45, 7) is 1.83. The van der Waals surface area contributed by atoms with E-state index in [-0.39, 0.29) is 5.91 Å². The summed E-state index contributed by atoms with van der Waals surface area (Å²) < 4.78 is 1.77. The number of fused-ring (bicyclic) bond motifs is 1. The Labute approximate surface area is 115 Å². The minimum absolute atomic E-state index is 0.242. The lowest BCUT2D eigenvalue weighted by Gasteiger charge is -2.06. The minimum atomic E-state index is -0.242. The third kappa shape index (κ3) is 2.07. The maximum absolute atomic E-state index is 12.3. The maximum atomic E-state index is 12.3. The van der Waals surface area contributed by atoms with Gasteiger partial charge >= 0.3 is 0 Å². The Hall–Kier alpha value is -2.89. The molecule has 6 heteroatoms. The van der Waals surface area contributed by atoms with E-state index in [4.69, 9.17) is 5.73 Å². The van der Waals surface area contributed by atoms with Gasteiger partial charge < -0.3 is 11.1 Å². The van der Waals surface area contributed by atoms with Gasteiger partial charge in [0.1, 0.15) is 5.82 Å². The molecule has 0 aliphatic carbocycles. The molecule has 0 fully saturated rings. The molecule has 0 saturated carbocycles. The molecule has 100 valence electrons. The number of hydrogen-bond donors (Lipinski definition) is 2. The first kappa shape index (κ1) is 12.2. The van der Waals surface area contributed by atoms with Crippen molar-refractivity contribution in [3.63, 3.8) is 0 Å². The molecule has 6 nitrogen and oxygen atoms in total. The van der Waals surface area contributed by atoms with Crippen molar-refractivity contribution < 1.29 is 4.79 Å². The molecule has 1 aromatic carbocycles. The SMILES string of the molecule is Cc1nnc2c(C(=O)Nc3cccc(N)c3)cccn12. The van der Waals surface area contributed by atoms with Crippen LogP contribution in [0.4, 0.5) is 11.4 Å². The average Bonchev–Trinajstić information content (AvgIpc) is 2.81. The van der Waals surface area contributed by atoms with Crippen LogP contribution in [0.25, 0.3) is 5.65 Å². The van der Waals surface area contributed by atoms with Gasteiger partial charge in [0.25, 0.3) is 5.91 Å². The zero-order chi connectivity index (χ0) is 14.1. The molecular weight excluding hydrogens is 254 g/mol. The van der Waals surface area contributed by atoms with Crippen LogP contribution in [0.1, 0.15) is 16.2 Å². The fraction of sp³-hybridized carbons (Fsp3) is 0.0714. The molecule has 3 aromatic rings. The molecule has 20 heavy (non-hydrogen) atoms. The number of carbonyl (C=O) groups is 1. The first-order chi connectivity index (χ1) is 9.65. The fourth-order valence-corrected chi connectivity index (χ4v) is 2.02. The summed E-state index contributed by atoms with van der Waals surface area (Å²) in [5, 5.41) is 10.8. The second kappa shape index (κ2) is 4.65. The van der Waals surface area contributed by atoms with Crippen LogP contribution in [0.5, 0.6) is 0 Å². The normalized spacial score (nSPS) is 10.7. The lowest BCUT2D eigenvalue weighted by atomic mass is 10.2. The third-order valence-corrected chi connectivity index (χ3v) is 2.99. The molecule has 0 aliphatic heterocycles. The number of nitrogen functional groups attached to an aromatic ring is 1. The van der Waals surface area contributed by atoms with E-state index < -0.39 is 0 Å². The third-order valence-electron chi connectivity index (χ3n) is 2.99. The van der Waals surface area contributed by atoms with E-state index in [9.17, 15) is 4.79 Å². The molecule has 2 aromatic heterocycles. The lowest BCUT2D eigenvalue weighted by molar-refractivity contribution is 0.102. The molecule has 1 amide bonds. The predicted molar refractivity (Wildman–Crippen MR) is 76.5 cm³/mol. The highest BCUT2D eigenvalue weighted by molar-refractivity contribution is 6.08. The molecule has 0 aliphatic rings. The monoisotopic (exact) mass is 267 g/mol. The van der Waals surface area contributed by atoms with Crippen molar-refractivity contribution >= 4 is 22.9 Å². The number of hydrogen-bond acceptors (Lipinski definition) is 4. The highest BCUT2D eigenvalue weighted by Crippen LogP contribution is 2.15. The molecule has 0 radical (unpaired) electrons. The Morgan fingerprint density at radius 2 is 2.10 bits per heavy atom. The molecule has 0 spiro atoms. The molecule has 0 saturated heterocycles. The van der Waals surface area contributed by atoms with Gasteiger partial charge in [0, 0.05) is 17.6 Å². The van der Waals surface area contributed by atoms with Crippen LogP contribution in [-0.4, -0.2) is 20.5 Å². The van der Waals surface area contributed by atoms with Crippen molar-refractivity contribution in [3.05, 3.63) is 54.0 Å². The van der Waals surface area contributed by atoms with Gasteiger partial charge in [-0.3, -0.25) is 9.20 Å². The topological polar surface area (TPSA) is 85.3 Å². The van der Waals surface area contributed by atoms with Crippen LogP contribution in [0, 0.1) is 6.92 Å². The van der Waals surface area contributed by atoms with Crippen LogP contribution in [0.3, 0.4) is 0 Å². The second-order valence-electron chi connectivity index (χ2n) is 4.44. The Balaban J connectivity index is 1.97. The minimum Gasteiger partial charge on any atom is -0.399 e. The lowest BCUT2D eigenvalue weighted by Crippen LogP contribution is -2.13. The first-order valence-electron chi connectivity index (χ1n) is 6.12. The Morgan fingerprint density at radius 1 is 1.25 bits per heavy atom. The zero-order valence-electron chi connectivity index (χ0n) is 10.9. The van der Waals surface area contributed by atoms with Crippen LogP contribution < -0.4 is 11.1 Å². The number of nitrogens with zero attached hydrogens (tertiary/aromatic N) is 3. The van der Waals surface area contributed by atoms with E-state index in [0.29, 0.717) is 22.6 Å². The van der Waals surface area contributed by atoms with E-state index in [2.05, 4.69) is 15.5 Å². The summed E-state index contributed by atoms with van der Waals surface area (Å²) in [7, 11) is 0. The number of aryl methyl sites for hydroxylation is 1. The molecular formula is C14H13N5O. The van der Waals surface area contributed by atoms with E-state index in [1.54, 1.807) is 40.8 Å². The predicted octanol–water partition coefficient (Wildman–Crippen LogP) is 1.87. The number of benzene rings is 1. The second-order valence-corrected chi connectivity index (χ2v) is 4.44. The number of nitrogens with two attached hydrogens (primary N) is 1. The Morgan fingerprint density at radius 3 is 2.90 bits per heavy atom. The summed E-state index contributed by atoms with van der Waals surface area (Å²) in [6.07, 6.45) is 1.82. The first-order valence-corrected chi connectivity index (χ1v) is 6.12. The smallest absolute Gasteiger partial charge is 0.259 e. The van der Waals surface area contributed by atoms with Gasteiger partial charge in [-0.05, 0) is 37.3 Å². The highest BCUT2D eigenvalue weighted by Gasteiger charge is 2.13. The van der Waals surface area contributed by atoms with E-state index in [1.807, 2.05) is 13.1 Å². The van der Waals surface area contributed by atoms with Crippen molar-refractivity contribution in [2.24, 2.45) is 0 Å². The Kier molecular flexibility index (Phi) is 2.83. The summed E-state index contributed by atoms with van der Waals surface area (Å²) in [5.74, 6) is 0.493. The number of rotatable bonds is 2. The quantitative estimate of drug-likeness (QED) is 0.694. The number of carbonyl (C=O) groups excluding carboxylic acids is 1. The summed E-state index contributed by atoms with van der Waals surface area (Å²) >= 11 is 0. The molecule has 2 heterocycles. The van der Waals surface area contributed by atoms with Gasteiger partial charge in [-0.15, -0.1) is 10.2 Å². The van der Waals surface area contributed by atoms with Crippen molar-refractivity contribution in [1.29, 1.82) is 0 Å². The summed E-state index contributed by atoms with van der Waals surface area (Å²) in [6, 6.07) is 10.5. The van der Waals surface area contributed by atoms with E-state index >= 15 is 0 Å².